The molecule has 2 nitrogen and oxygen atoms in total. The zero-order chi connectivity index (χ0) is 15.2. The molecule has 0 aromatic heterocycles. The van der Waals surface area contributed by atoms with Gasteiger partial charge in [-0.15, -0.1) is 0 Å². The Hall–Kier alpha value is -2.09. The van der Waals surface area contributed by atoms with Crippen LogP contribution in [0.5, 0.6) is 5.75 Å². The molecule has 0 heterocycles. The first-order chi connectivity index (χ1) is 10.7. The fourth-order valence-electron chi connectivity index (χ4n) is 4.82. The number of fused-ring (bicyclic) bond motifs is 2. The third kappa shape index (κ3) is 1.90. The maximum absolute atomic E-state index is 10.9. The molecule has 22 heavy (non-hydrogen) atoms. The minimum Gasteiger partial charge on any atom is -0.508 e. The third-order valence-electron chi connectivity index (χ3n) is 5.79. The number of carbonyl (C=O) groups excluding carboxylic acids is 1. The molecule has 0 radical (unpaired) electrons. The van der Waals surface area contributed by atoms with Crippen molar-refractivity contribution in [3.05, 3.63) is 65.2 Å². The van der Waals surface area contributed by atoms with Crippen LogP contribution in [0.15, 0.2) is 48.5 Å². The van der Waals surface area contributed by atoms with Crippen LogP contribution in [0.1, 0.15) is 47.2 Å². The van der Waals surface area contributed by atoms with Crippen LogP contribution in [-0.4, -0.2) is 11.4 Å². The van der Waals surface area contributed by atoms with Crippen LogP contribution in [-0.2, 0) is 5.41 Å². The van der Waals surface area contributed by atoms with Gasteiger partial charge in [-0.25, -0.2) is 0 Å². The van der Waals surface area contributed by atoms with Crippen molar-refractivity contribution in [3.8, 4) is 5.75 Å². The number of aromatic hydroxyl groups is 1. The quantitative estimate of drug-likeness (QED) is 0.856. The van der Waals surface area contributed by atoms with Gasteiger partial charge in [-0.3, -0.25) is 4.79 Å². The molecule has 4 rings (SSSR count). The zero-order valence-electron chi connectivity index (χ0n) is 12.5. The molecule has 0 aliphatic heterocycles. The molecule has 112 valence electrons. The second-order valence-corrected chi connectivity index (χ2v) is 6.84. The van der Waals surface area contributed by atoms with Crippen LogP contribution in [0.3, 0.4) is 0 Å². The summed E-state index contributed by atoms with van der Waals surface area (Å²) in [6.07, 6.45) is 6.01. The van der Waals surface area contributed by atoms with Gasteiger partial charge in [0, 0.05) is 11.0 Å². The van der Waals surface area contributed by atoms with Crippen LogP contribution < -0.4 is 0 Å². The van der Waals surface area contributed by atoms with E-state index in [4.69, 9.17) is 0 Å². The molecule has 2 aliphatic carbocycles. The molecular weight excluding hydrogens is 272 g/mol. The maximum atomic E-state index is 10.9. The number of aldehydes is 1. The molecule has 2 aromatic carbocycles. The Morgan fingerprint density at radius 2 is 1.59 bits per heavy atom. The average molecular weight is 292 g/mol. The molecule has 0 amide bonds. The van der Waals surface area contributed by atoms with Crippen molar-refractivity contribution in [1.29, 1.82) is 0 Å². The van der Waals surface area contributed by atoms with Crippen LogP contribution in [0.4, 0.5) is 0 Å². The van der Waals surface area contributed by atoms with Gasteiger partial charge < -0.3 is 5.11 Å². The number of phenolic OH excluding ortho intramolecular Hbond substituents is 1. The first-order valence-electron chi connectivity index (χ1n) is 8.07. The van der Waals surface area contributed by atoms with E-state index in [1.54, 1.807) is 12.1 Å². The SMILES string of the molecule is O=Cc1ccc([C@]2(c3ccc(O)cc3)CC3CC[C@@H]2C3)cc1. The Morgan fingerprint density at radius 1 is 0.955 bits per heavy atom. The lowest BCUT2D eigenvalue weighted by molar-refractivity contribution is 0.112. The fraction of sp³-hybridized carbons (Fsp3) is 0.350. The fourth-order valence-corrected chi connectivity index (χ4v) is 4.82. The van der Waals surface area contributed by atoms with Gasteiger partial charge in [0.05, 0.1) is 0 Å². The summed E-state index contributed by atoms with van der Waals surface area (Å²) in [5, 5.41) is 9.62. The average Bonchev–Trinajstić information content (AvgIpc) is 3.17. The van der Waals surface area contributed by atoms with E-state index < -0.39 is 0 Å². The monoisotopic (exact) mass is 292 g/mol. The van der Waals surface area contributed by atoms with E-state index in [9.17, 15) is 9.90 Å². The van der Waals surface area contributed by atoms with Crippen molar-refractivity contribution in [1.82, 2.24) is 0 Å². The summed E-state index contributed by atoms with van der Waals surface area (Å²) in [6.45, 7) is 0. The number of rotatable bonds is 3. The summed E-state index contributed by atoms with van der Waals surface area (Å²) in [5.74, 6) is 1.80. The Kier molecular flexibility index (Phi) is 3.07. The van der Waals surface area contributed by atoms with E-state index in [1.165, 1.54) is 36.8 Å². The van der Waals surface area contributed by atoms with E-state index in [2.05, 4.69) is 24.3 Å². The van der Waals surface area contributed by atoms with Crippen LogP contribution in [0, 0.1) is 11.8 Å². The highest BCUT2D eigenvalue weighted by atomic mass is 16.3. The van der Waals surface area contributed by atoms with Gasteiger partial charge in [-0.05, 0) is 54.4 Å². The van der Waals surface area contributed by atoms with Crippen LogP contribution in [0.25, 0.3) is 0 Å². The summed E-state index contributed by atoms with van der Waals surface area (Å²) in [5.41, 5.74) is 3.40. The summed E-state index contributed by atoms with van der Waals surface area (Å²) < 4.78 is 0. The number of benzene rings is 2. The molecule has 1 unspecified atom stereocenters. The number of hydrogen-bond donors (Lipinski definition) is 1. The highest BCUT2D eigenvalue weighted by Crippen LogP contribution is 2.60. The van der Waals surface area contributed by atoms with E-state index in [0.29, 0.717) is 11.7 Å². The molecule has 2 fully saturated rings. The maximum Gasteiger partial charge on any atom is 0.150 e. The van der Waals surface area contributed by atoms with Gasteiger partial charge in [-0.1, -0.05) is 42.8 Å². The van der Waals surface area contributed by atoms with Crippen molar-refractivity contribution >= 4 is 6.29 Å². The largest absolute Gasteiger partial charge is 0.508 e. The van der Waals surface area contributed by atoms with E-state index in [0.717, 1.165) is 17.8 Å². The lowest BCUT2D eigenvalue weighted by atomic mass is 9.64. The Labute approximate surface area is 130 Å². The van der Waals surface area contributed by atoms with Gasteiger partial charge in [-0.2, -0.15) is 0 Å². The van der Waals surface area contributed by atoms with Gasteiger partial charge in [0.25, 0.3) is 0 Å². The molecule has 0 saturated heterocycles. The summed E-state index contributed by atoms with van der Waals surface area (Å²) in [7, 11) is 0. The second kappa shape index (κ2) is 4.98. The number of hydrogen-bond acceptors (Lipinski definition) is 2. The Morgan fingerprint density at radius 3 is 2.09 bits per heavy atom. The normalized spacial score (nSPS) is 29.6. The molecule has 2 aliphatic rings. The van der Waals surface area contributed by atoms with Crippen molar-refractivity contribution in [2.45, 2.75) is 31.1 Å². The lowest BCUT2D eigenvalue weighted by Gasteiger charge is -2.39. The van der Waals surface area contributed by atoms with E-state index in [1.807, 2.05) is 12.1 Å². The van der Waals surface area contributed by atoms with Crippen molar-refractivity contribution < 1.29 is 9.90 Å². The smallest absolute Gasteiger partial charge is 0.150 e. The number of phenols is 1. The van der Waals surface area contributed by atoms with Crippen LogP contribution >= 0.6 is 0 Å². The van der Waals surface area contributed by atoms with Gasteiger partial charge in [0.15, 0.2) is 0 Å². The van der Waals surface area contributed by atoms with Crippen LogP contribution in [0.2, 0.25) is 0 Å². The molecule has 1 N–H and O–H groups in total. The van der Waals surface area contributed by atoms with Gasteiger partial charge in [0.2, 0.25) is 0 Å². The van der Waals surface area contributed by atoms with Crippen molar-refractivity contribution in [2.24, 2.45) is 11.8 Å². The molecule has 2 bridgehead atoms. The molecular formula is C20H20O2. The molecule has 2 saturated carbocycles. The number of carbonyl (C=O) groups is 1. The molecule has 2 aromatic rings. The topological polar surface area (TPSA) is 37.3 Å². The molecule has 0 spiro atoms. The highest BCUT2D eigenvalue weighted by molar-refractivity contribution is 5.74. The summed E-state index contributed by atoms with van der Waals surface area (Å²) in [4.78, 5) is 10.9. The standard InChI is InChI=1S/C20H20O2/c21-13-14-1-4-16(5-2-14)20(12-15-3-6-18(20)11-15)17-7-9-19(22)10-8-17/h1-2,4-5,7-10,13,15,18,22H,3,6,11-12H2/t15?,18-,20+/m1/s1. The second-order valence-electron chi connectivity index (χ2n) is 6.84. The van der Waals surface area contributed by atoms with E-state index in [-0.39, 0.29) is 5.41 Å². The zero-order valence-corrected chi connectivity index (χ0v) is 12.5. The minimum atomic E-state index is 0.0536. The third-order valence-corrected chi connectivity index (χ3v) is 5.79. The summed E-state index contributed by atoms with van der Waals surface area (Å²) >= 11 is 0. The molecule has 3 atom stereocenters. The Balaban J connectivity index is 1.85. The molecule has 2 heteroatoms. The van der Waals surface area contributed by atoms with Crippen molar-refractivity contribution in [2.75, 3.05) is 0 Å². The lowest BCUT2D eigenvalue weighted by Crippen LogP contribution is -2.33. The predicted octanol–water partition coefficient (Wildman–Crippen LogP) is 4.31. The summed E-state index contributed by atoms with van der Waals surface area (Å²) in [6, 6.07) is 15.8. The minimum absolute atomic E-state index is 0.0536. The predicted molar refractivity (Wildman–Crippen MR) is 86.2 cm³/mol. The highest BCUT2D eigenvalue weighted by Gasteiger charge is 2.52. The first-order valence-corrected chi connectivity index (χ1v) is 8.07. The first kappa shape index (κ1) is 13.6. The Bertz CT molecular complexity index is 687. The van der Waals surface area contributed by atoms with E-state index >= 15 is 0 Å². The van der Waals surface area contributed by atoms with Gasteiger partial charge >= 0.3 is 0 Å². The van der Waals surface area contributed by atoms with Crippen molar-refractivity contribution in [3.63, 3.8) is 0 Å². The van der Waals surface area contributed by atoms with Gasteiger partial charge in [0.1, 0.15) is 12.0 Å².